The summed E-state index contributed by atoms with van der Waals surface area (Å²) in [4.78, 5) is 3.66. The first kappa shape index (κ1) is 12.0. The Balaban J connectivity index is 2.06. The van der Waals surface area contributed by atoms with E-state index in [2.05, 4.69) is 10.3 Å². The third-order valence-corrected chi connectivity index (χ3v) is 3.02. The Kier molecular flexibility index (Phi) is 3.42. The van der Waals surface area contributed by atoms with Gasteiger partial charge in [0, 0.05) is 19.2 Å². The molecule has 6 heteroatoms. The molecule has 2 unspecified atom stereocenters. The summed E-state index contributed by atoms with van der Waals surface area (Å²) in [6, 6.07) is 0.833. The van der Waals surface area contributed by atoms with Crippen molar-refractivity contribution >= 4 is 11.6 Å². The van der Waals surface area contributed by atoms with Crippen LogP contribution in [-0.2, 0) is 4.74 Å². The van der Waals surface area contributed by atoms with Crippen LogP contribution in [0.2, 0.25) is 0 Å². The molecule has 94 valence electrons. The SMILES string of the molecule is COC1CCC(Nc2nc(N)c(F)cc2F)C1. The van der Waals surface area contributed by atoms with Crippen molar-refractivity contribution in [3.63, 3.8) is 0 Å². The van der Waals surface area contributed by atoms with Crippen molar-refractivity contribution < 1.29 is 13.5 Å². The molecule has 1 aliphatic rings. The lowest BCUT2D eigenvalue weighted by molar-refractivity contribution is 0.108. The number of pyridine rings is 1. The second kappa shape index (κ2) is 4.83. The van der Waals surface area contributed by atoms with E-state index in [4.69, 9.17) is 10.5 Å². The summed E-state index contributed by atoms with van der Waals surface area (Å²) < 4.78 is 31.5. The molecule has 0 spiro atoms. The molecule has 0 saturated heterocycles. The second-order valence-electron chi connectivity index (χ2n) is 4.20. The smallest absolute Gasteiger partial charge is 0.168 e. The number of rotatable bonds is 3. The molecule has 2 atom stereocenters. The number of halogens is 2. The van der Waals surface area contributed by atoms with E-state index in [9.17, 15) is 8.78 Å². The van der Waals surface area contributed by atoms with Crippen molar-refractivity contribution in [1.29, 1.82) is 0 Å². The Hall–Kier alpha value is -1.43. The highest BCUT2D eigenvalue weighted by molar-refractivity contribution is 5.45. The predicted molar refractivity (Wildman–Crippen MR) is 60.6 cm³/mol. The van der Waals surface area contributed by atoms with Crippen molar-refractivity contribution in [1.82, 2.24) is 4.98 Å². The Morgan fingerprint density at radius 2 is 2.18 bits per heavy atom. The van der Waals surface area contributed by atoms with Gasteiger partial charge >= 0.3 is 0 Å². The monoisotopic (exact) mass is 243 g/mol. The van der Waals surface area contributed by atoms with Crippen LogP contribution in [-0.4, -0.2) is 24.2 Å². The van der Waals surface area contributed by atoms with Crippen molar-refractivity contribution in [2.24, 2.45) is 0 Å². The normalized spacial score (nSPS) is 23.9. The van der Waals surface area contributed by atoms with Gasteiger partial charge in [-0.25, -0.2) is 13.8 Å². The van der Waals surface area contributed by atoms with Crippen molar-refractivity contribution in [3.8, 4) is 0 Å². The van der Waals surface area contributed by atoms with Crippen LogP contribution in [0.3, 0.4) is 0 Å². The molecule has 1 aromatic rings. The number of anilines is 2. The third kappa shape index (κ3) is 2.63. The summed E-state index contributed by atoms with van der Waals surface area (Å²) in [7, 11) is 1.65. The van der Waals surface area contributed by atoms with Crippen molar-refractivity contribution in [2.75, 3.05) is 18.2 Å². The topological polar surface area (TPSA) is 60.2 Å². The van der Waals surface area contributed by atoms with E-state index in [-0.39, 0.29) is 23.8 Å². The first-order chi connectivity index (χ1) is 8.10. The summed E-state index contributed by atoms with van der Waals surface area (Å²) in [5.41, 5.74) is 5.30. The number of hydrogen-bond acceptors (Lipinski definition) is 4. The van der Waals surface area contributed by atoms with Gasteiger partial charge in [0.2, 0.25) is 0 Å². The number of nitrogens with two attached hydrogens (primary N) is 1. The van der Waals surface area contributed by atoms with Crippen LogP contribution in [0.15, 0.2) is 6.07 Å². The summed E-state index contributed by atoms with van der Waals surface area (Å²) in [6.45, 7) is 0. The quantitative estimate of drug-likeness (QED) is 0.851. The van der Waals surface area contributed by atoms with E-state index in [1.807, 2.05) is 0 Å². The van der Waals surface area contributed by atoms with Crippen LogP contribution in [0, 0.1) is 11.6 Å². The van der Waals surface area contributed by atoms with Gasteiger partial charge < -0.3 is 15.8 Å². The van der Waals surface area contributed by atoms with Crippen LogP contribution in [0.25, 0.3) is 0 Å². The molecular formula is C11H15F2N3O. The number of nitrogens with zero attached hydrogens (tertiary/aromatic N) is 1. The van der Waals surface area contributed by atoms with Crippen LogP contribution < -0.4 is 11.1 Å². The van der Waals surface area contributed by atoms with Gasteiger partial charge in [0.25, 0.3) is 0 Å². The third-order valence-electron chi connectivity index (χ3n) is 3.02. The van der Waals surface area contributed by atoms with E-state index < -0.39 is 11.6 Å². The molecular weight excluding hydrogens is 228 g/mol. The number of hydrogen-bond donors (Lipinski definition) is 2. The summed E-state index contributed by atoms with van der Waals surface area (Å²) in [6.07, 6.45) is 2.77. The molecule has 1 aliphatic carbocycles. The molecule has 0 radical (unpaired) electrons. The molecule has 3 N–H and O–H groups in total. The Labute approximate surface area is 98.2 Å². The lowest BCUT2D eigenvalue weighted by Crippen LogP contribution is -2.19. The molecule has 1 saturated carbocycles. The zero-order valence-corrected chi connectivity index (χ0v) is 9.54. The lowest BCUT2D eigenvalue weighted by atomic mass is 10.2. The summed E-state index contributed by atoms with van der Waals surface area (Å²) >= 11 is 0. The molecule has 0 aromatic carbocycles. The molecule has 1 heterocycles. The largest absolute Gasteiger partial charge is 0.381 e. The predicted octanol–water partition coefficient (Wildman–Crippen LogP) is 1.92. The van der Waals surface area contributed by atoms with Gasteiger partial charge in [0.1, 0.15) is 0 Å². The van der Waals surface area contributed by atoms with Gasteiger partial charge in [0.15, 0.2) is 23.3 Å². The van der Waals surface area contributed by atoms with Gasteiger partial charge in [0.05, 0.1) is 6.10 Å². The van der Waals surface area contributed by atoms with Crippen LogP contribution >= 0.6 is 0 Å². The fraction of sp³-hybridized carbons (Fsp3) is 0.545. The number of ether oxygens (including phenoxy) is 1. The highest BCUT2D eigenvalue weighted by atomic mass is 19.1. The first-order valence-electron chi connectivity index (χ1n) is 5.51. The zero-order chi connectivity index (χ0) is 12.4. The minimum absolute atomic E-state index is 0.00523. The Morgan fingerprint density at radius 3 is 2.82 bits per heavy atom. The zero-order valence-electron chi connectivity index (χ0n) is 9.54. The summed E-state index contributed by atoms with van der Waals surface area (Å²) in [5, 5.41) is 2.93. The van der Waals surface area contributed by atoms with Gasteiger partial charge in [-0.1, -0.05) is 0 Å². The standard InChI is InChI=1S/C11H15F2N3O/c1-17-7-3-2-6(4-7)15-11-9(13)5-8(12)10(14)16-11/h5-7H,2-4H2,1H3,(H3,14,15,16). The Morgan fingerprint density at radius 1 is 1.41 bits per heavy atom. The highest BCUT2D eigenvalue weighted by Gasteiger charge is 2.25. The van der Waals surface area contributed by atoms with Gasteiger partial charge in [-0.05, 0) is 19.3 Å². The maximum Gasteiger partial charge on any atom is 0.168 e. The molecule has 1 aromatic heterocycles. The maximum atomic E-state index is 13.4. The van der Waals surface area contributed by atoms with E-state index in [0.29, 0.717) is 0 Å². The Bertz CT molecular complexity index is 414. The highest BCUT2D eigenvalue weighted by Crippen LogP contribution is 2.26. The van der Waals surface area contributed by atoms with E-state index >= 15 is 0 Å². The van der Waals surface area contributed by atoms with Gasteiger partial charge in [-0.2, -0.15) is 0 Å². The molecule has 4 nitrogen and oxygen atoms in total. The van der Waals surface area contributed by atoms with Crippen molar-refractivity contribution in [3.05, 3.63) is 17.7 Å². The van der Waals surface area contributed by atoms with Crippen LogP contribution in [0.5, 0.6) is 0 Å². The van der Waals surface area contributed by atoms with E-state index in [0.717, 1.165) is 25.3 Å². The fourth-order valence-electron chi connectivity index (χ4n) is 2.06. The van der Waals surface area contributed by atoms with E-state index in [1.165, 1.54) is 0 Å². The molecule has 0 aliphatic heterocycles. The van der Waals surface area contributed by atoms with Gasteiger partial charge in [-0.3, -0.25) is 0 Å². The van der Waals surface area contributed by atoms with Gasteiger partial charge in [-0.15, -0.1) is 0 Å². The van der Waals surface area contributed by atoms with E-state index in [1.54, 1.807) is 7.11 Å². The molecule has 0 bridgehead atoms. The second-order valence-corrected chi connectivity index (χ2v) is 4.20. The first-order valence-corrected chi connectivity index (χ1v) is 5.51. The lowest BCUT2D eigenvalue weighted by Gasteiger charge is -2.14. The van der Waals surface area contributed by atoms with Crippen molar-refractivity contribution in [2.45, 2.75) is 31.4 Å². The average molecular weight is 243 g/mol. The number of nitrogen functional groups attached to an aromatic ring is 1. The minimum Gasteiger partial charge on any atom is -0.381 e. The summed E-state index contributed by atoms with van der Waals surface area (Å²) in [5.74, 6) is -1.85. The van der Waals surface area contributed by atoms with Crippen LogP contribution in [0.1, 0.15) is 19.3 Å². The molecule has 17 heavy (non-hydrogen) atoms. The minimum atomic E-state index is -0.839. The average Bonchev–Trinajstić information content (AvgIpc) is 2.73. The fourth-order valence-corrected chi connectivity index (χ4v) is 2.06. The number of methoxy groups -OCH3 is 1. The number of nitrogens with one attached hydrogen (secondary N) is 1. The molecule has 2 rings (SSSR count). The number of aromatic nitrogens is 1. The molecule has 0 amide bonds. The maximum absolute atomic E-state index is 13.4. The molecule has 1 fully saturated rings. The van der Waals surface area contributed by atoms with Crippen LogP contribution in [0.4, 0.5) is 20.4 Å².